The van der Waals surface area contributed by atoms with E-state index in [2.05, 4.69) is 5.32 Å². The first-order chi connectivity index (χ1) is 13.0. The molecule has 2 amide bonds. The average Bonchev–Trinajstić information content (AvgIpc) is 2.67. The van der Waals surface area contributed by atoms with Crippen molar-refractivity contribution >= 4 is 17.8 Å². The van der Waals surface area contributed by atoms with Crippen LogP contribution < -0.4 is 10.1 Å². The van der Waals surface area contributed by atoms with Crippen LogP contribution in [0.5, 0.6) is 5.75 Å². The highest BCUT2D eigenvalue weighted by Gasteiger charge is 2.19. The smallest absolute Gasteiger partial charge is 0.322 e. The van der Waals surface area contributed by atoms with Crippen molar-refractivity contribution in [3.8, 4) is 5.75 Å². The molecule has 0 spiro atoms. The van der Waals surface area contributed by atoms with Gasteiger partial charge in [0.1, 0.15) is 17.4 Å². The van der Waals surface area contributed by atoms with Crippen LogP contribution in [-0.4, -0.2) is 30.6 Å². The monoisotopic (exact) mass is 374 g/mol. The van der Waals surface area contributed by atoms with Crippen LogP contribution in [0.3, 0.4) is 0 Å². The zero-order valence-electron chi connectivity index (χ0n) is 15.7. The Morgan fingerprint density at radius 2 is 2.00 bits per heavy atom. The molecule has 0 aliphatic carbocycles. The minimum absolute atomic E-state index is 0.0524. The van der Waals surface area contributed by atoms with E-state index in [-0.39, 0.29) is 11.7 Å². The molecule has 0 saturated heterocycles. The van der Waals surface area contributed by atoms with Crippen molar-refractivity contribution in [2.45, 2.75) is 26.3 Å². The predicted octanol–water partition coefficient (Wildman–Crippen LogP) is 5.32. The number of amides is 2. The van der Waals surface area contributed by atoms with E-state index in [0.29, 0.717) is 6.54 Å². The number of hydrogen-bond donors (Lipinski definition) is 1. The van der Waals surface area contributed by atoms with Crippen molar-refractivity contribution in [3.05, 3.63) is 65.7 Å². The van der Waals surface area contributed by atoms with Gasteiger partial charge >= 0.3 is 6.03 Å². The van der Waals surface area contributed by atoms with Crippen molar-refractivity contribution in [2.75, 3.05) is 19.0 Å². The van der Waals surface area contributed by atoms with Crippen LogP contribution in [0.2, 0.25) is 0 Å². The third kappa shape index (κ3) is 5.54. The third-order valence-electron chi connectivity index (χ3n) is 4.29. The molecule has 1 N–H and O–H groups in total. The van der Waals surface area contributed by atoms with Crippen LogP contribution in [0.4, 0.5) is 19.3 Å². The minimum atomic E-state index is -0.808. The van der Waals surface area contributed by atoms with Gasteiger partial charge in [-0.2, -0.15) is 0 Å². The maximum atomic E-state index is 13.8. The van der Waals surface area contributed by atoms with Crippen molar-refractivity contribution in [1.82, 2.24) is 4.90 Å². The Kier molecular flexibility index (Phi) is 7.34. The Bertz CT molecular complexity index is 809. The van der Waals surface area contributed by atoms with Crippen LogP contribution in [-0.2, 0) is 0 Å². The number of nitrogens with zero attached hydrogens (tertiary/aromatic N) is 1. The molecule has 0 saturated carbocycles. The summed E-state index contributed by atoms with van der Waals surface area (Å²) in [6.45, 7) is 4.21. The van der Waals surface area contributed by atoms with E-state index < -0.39 is 17.7 Å². The summed E-state index contributed by atoms with van der Waals surface area (Å²) in [4.78, 5) is 14.2. The fourth-order valence-corrected chi connectivity index (χ4v) is 2.56. The van der Waals surface area contributed by atoms with E-state index in [1.165, 1.54) is 6.07 Å². The normalized spacial score (nSPS) is 12.0. The van der Waals surface area contributed by atoms with Gasteiger partial charge in [0.15, 0.2) is 0 Å². The van der Waals surface area contributed by atoms with Crippen LogP contribution >= 0.6 is 0 Å². The van der Waals surface area contributed by atoms with Gasteiger partial charge in [-0.05, 0) is 31.5 Å². The molecule has 1 atom stereocenters. The molecule has 144 valence electrons. The van der Waals surface area contributed by atoms with E-state index in [0.717, 1.165) is 29.9 Å². The molecule has 0 aliphatic heterocycles. The second-order valence-electron chi connectivity index (χ2n) is 6.11. The van der Waals surface area contributed by atoms with Gasteiger partial charge in [-0.25, -0.2) is 13.6 Å². The predicted molar refractivity (Wildman–Crippen MR) is 104 cm³/mol. The fourth-order valence-electron chi connectivity index (χ4n) is 2.56. The van der Waals surface area contributed by atoms with Gasteiger partial charge in [0, 0.05) is 24.2 Å². The molecule has 0 heterocycles. The molecule has 27 heavy (non-hydrogen) atoms. The average molecular weight is 374 g/mol. The Labute approximate surface area is 158 Å². The Morgan fingerprint density at radius 1 is 1.26 bits per heavy atom. The van der Waals surface area contributed by atoms with Crippen LogP contribution in [0.1, 0.15) is 25.8 Å². The highest BCUT2D eigenvalue weighted by Crippen LogP contribution is 2.19. The van der Waals surface area contributed by atoms with Gasteiger partial charge in [0.2, 0.25) is 0 Å². The molecule has 0 bridgehead atoms. The fraction of sp³-hybridized carbons (Fsp3) is 0.286. The van der Waals surface area contributed by atoms with Crippen molar-refractivity contribution in [2.24, 2.45) is 0 Å². The van der Waals surface area contributed by atoms with Crippen molar-refractivity contribution < 1.29 is 18.3 Å². The number of carbonyl (C=O) groups excluding carboxylic acids is 1. The number of urea groups is 1. The van der Waals surface area contributed by atoms with E-state index in [4.69, 9.17) is 4.74 Å². The molecule has 0 radical (unpaired) electrons. The van der Waals surface area contributed by atoms with Gasteiger partial charge < -0.3 is 15.0 Å². The molecule has 0 aliphatic rings. The Hall–Kier alpha value is -2.89. The van der Waals surface area contributed by atoms with E-state index in [1.54, 1.807) is 12.0 Å². The van der Waals surface area contributed by atoms with Gasteiger partial charge in [0.05, 0.1) is 12.8 Å². The molecule has 6 heteroatoms. The maximum absolute atomic E-state index is 13.8. The van der Waals surface area contributed by atoms with Gasteiger partial charge in [-0.3, -0.25) is 0 Å². The number of hydrogen-bond acceptors (Lipinski definition) is 2. The lowest BCUT2D eigenvalue weighted by Gasteiger charge is -2.27. The van der Waals surface area contributed by atoms with E-state index >= 15 is 0 Å². The Balaban J connectivity index is 2.12. The van der Waals surface area contributed by atoms with Crippen molar-refractivity contribution in [3.63, 3.8) is 0 Å². The highest BCUT2D eigenvalue weighted by molar-refractivity contribution is 5.89. The maximum Gasteiger partial charge on any atom is 0.322 e. The summed E-state index contributed by atoms with van der Waals surface area (Å²) in [5.74, 6) is -0.761. The summed E-state index contributed by atoms with van der Waals surface area (Å²) >= 11 is 0. The van der Waals surface area contributed by atoms with Gasteiger partial charge in [-0.1, -0.05) is 37.3 Å². The van der Waals surface area contributed by atoms with Gasteiger partial charge in [-0.15, -0.1) is 0 Å². The molecule has 2 aromatic rings. The molecule has 2 rings (SSSR count). The lowest BCUT2D eigenvalue weighted by atomic mass is 10.1. The summed E-state index contributed by atoms with van der Waals surface area (Å²) in [5.41, 5.74) is 0.845. The third-order valence-corrected chi connectivity index (χ3v) is 4.29. The quantitative estimate of drug-likeness (QED) is 0.713. The minimum Gasteiger partial charge on any atom is -0.496 e. The topological polar surface area (TPSA) is 41.6 Å². The summed E-state index contributed by atoms with van der Waals surface area (Å²) < 4.78 is 32.2. The lowest BCUT2D eigenvalue weighted by Crippen LogP contribution is -2.41. The number of rotatable bonds is 7. The molecular weight excluding hydrogens is 350 g/mol. The number of nitrogens with one attached hydrogen (secondary N) is 1. The Morgan fingerprint density at radius 3 is 2.67 bits per heavy atom. The summed E-state index contributed by atoms with van der Waals surface area (Å²) in [5, 5.41) is 2.51. The number of carbonyl (C=O) groups is 1. The molecule has 2 aromatic carbocycles. The van der Waals surface area contributed by atoms with Crippen molar-refractivity contribution in [1.29, 1.82) is 0 Å². The second kappa shape index (κ2) is 9.71. The van der Waals surface area contributed by atoms with Crippen LogP contribution in [0.25, 0.3) is 6.08 Å². The highest BCUT2D eigenvalue weighted by atomic mass is 19.1. The summed E-state index contributed by atoms with van der Waals surface area (Å²) in [6.07, 6.45) is 4.46. The molecule has 1 unspecified atom stereocenters. The molecule has 0 fully saturated rings. The van der Waals surface area contributed by atoms with E-state index in [9.17, 15) is 13.6 Å². The standard InChI is InChI=1S/C21H24F2N2O2/c1-4-15(2)25(13-7-9-16-8-5-6-10-20(16)27-3)21(26)24-19-12-11-17(22)14-18(19)23/h5-12,14-15H,4,13H2,1-3H3,(H,24,26)/b9-7+. The largest absolute Gasteiger partial charge is 0.496 e. The van der Waals surface area contributed by atoms with Crippen LogP contribution in [0, 0.1) is 11.6 Å². The van der Waals surface area contributed by atoms with Crippen LogP contribution in [0.15, 0.2) is 48.5 Å². The molecule has 0 aromatic heterocycles. The zero-order valence-corrected chi connectivity index (χ0v) is 15.7. The number of benzene rings is 2. The SMILES string of the molecule is CCC(C)N(C/C=C/c1ccccc1OC)C(=O)Nc1ccc(F)cc1F. The number of halogens is 2. The first kappa shape index (κ1) is 20.4. The number of ether oxygens (including phenoxy) is 1. The van der Waals surface area contributed by atoms with E-state index in [1.807, 2.05) is 50.3 Å². The summed E-state index contributed by atoms with van der Waals surface area (Å²) in [7, 11) is 1.60. The molecular formula is C21H24F2N2O2. The second-order valence-corrected chi connectivity index (χ2v) is 6.11. The zero-order chi connectivity index (χ0) is 19.8. The first-order valence-corrected chi connectivity index (χ1v) is 8.78. The summed E-state index contributed by atoms with van der Waals surface area (Å²) in [6, 6.07) is 10.1. The number of anilines is 1. The first-order valence-electron chi connectivity index (χ1n) is 8.78. The molecule has 4 nitrogen and oxygen atoms in total. The van der Waals surface area contributed by atoms with Gasteiger partial charge in [0.25, 0.3) is 0 Å². The number of methoxy groups -OCH3 is 1. The lowest BCUT2D eigenvalue weighted by molar-refractivity contribution is 0.198. The number of para-hydroxylation sites is 1.